The second-order valence-electron chi connectivity index (χ2n) is 4.32. The molecule has 5 heteroatoms. The SMILES string of the molecule is C[C@@H](C(=O)Nc1ccc(Br)cc1)N1CCOCC1. The molecule has 1 amide bonds. The molecule has 4 nitrogen and oxygen atoms in total. The predicted molar refractivity (Wildman–Crippen MR) is 74.6 cm³/mol. The highest BCUT2D eigenvalue weighted by Gasteiger charge is 2.22. The van der Waals surface area contributed by atoms with Crippen molar-refractivity contribution in [1.82, 2.24) is 4.90 Å². The van der Waals surface area contributed by atoms with Gasteiger partial charge in [-0.15, -0.1) is 0 Å². The third-order valence-electron chi connectivity index (χ3n) is 3.08. The lowest BCUT2D eigenvalue weighted by Crippen LogP contribution is -2.47. The summed E-state index contributed by atoms with van der Waals surface area (Å²) >= 11 is 3.37. The summed E-state index contributed by atoms with van der Waals surface area (Å²) in [5, 5.41) is 2.92. The smallest absolute Gasteiger partial charge is 0.241 e. The molecule has 98 valence electrons. The van der Waals surface area contributed by atoms with Crippen LogP contribution >= 0.6 is 15.9 Å². The number of hydrogen-bond acceptors (Lipinski definition) is 3. The first kappa shape index (κ1) is 13.5. The maximum Gasteiger partial charge on any atom is 0.241 e. The molecule has 1 aliphatic rings. The summed E-state index contributed by atoms with van der Waals surface area (Å²) < 4.78 is 6.28. The molecule has 1 N–H and O–H groups in total. The molecule has 2 rings (SSSR count). The average Bonchev–Trinajstić information content (AvgIpc) is 2.41. The monoisotopic (exact) mass is 312 g/mol. The number of benzene rings is 1. The van der Waals surface area contributed by atoms with Gasteiger partial charge in [-0.25, -0.2) is 0 Å². The zero-order valence-corrected chi connectivity index (χ0v) is 11.9. The fourth-order valence-corrected chi connectivity index (χ4v) is 2.17. The molecule has 0 aliphatic carbocycles. The average molecular weight is 313 g/mol. The molecule has 1 fully saturated rings. The van der Waals surface area contributed by atoms with Crippen molar-refractivity contribution >= 4 is 27.5 Å². The Balaban J connectivity index is 1.92. The molecule has 1 aliphatic heterocycles. The second kappa shape index (κ2) is 6.31. The number of halogens is 1. The van der Waals surface area contributed by atoms with Gasteiger partial charge >= 0.3 is 0 Å². The summed E-state index contributed by atoms with van der Waals surface area (Å²) in [6, 6.07) is 7.46. The minimum atomic E-state index is -0.127. The van der Waals surface area contributed by atoms with Gasteiger partial charge in [-0.2, -0.15) is 0 Å². The first-order valence-corrected chi connectivity index (χ1v) is 6.84. The quantitative estimate of drug-likeness (QED) is 0.929. The largest absolute Gasteiger partial charge is 0.379 e. The maximum atomic E-state index is 12.1. The maximum absolute atomic E-state index is 12.1. The Labute approximate surface area is 115 Å². The topological polar surface area (TPSA) is 41.6 Å². The second-order valence-corrected chi connectivity index (χ2v) is 5.24. The van der Waals surface area contributed by atoms with Gasteiger partial charge in [-0.1, -0.05) is 15.9 Å². The normalized spacial score (nSPS) is 18.3. The van der Waals surface area contributed by atoms with Crippen molar-refractivity contribution in [3.63, 3.8) is 0 Å². The highest BCUT2D eigenvalue weighted by Crippen LogP contribution is 2.15. The van der Waals surface area contributed by atoms with Crippen LogP contribution in [0.1, 0.15) is 6.92 Å². The highest BCUT2D eigenvalue weighted by molar-refractivity contribution is 9.10. The van der Waals surface area contributed by atoms with Gasteiger partial charge in [0.15, 0.2) is 0 Å². The number of carbonyl (C=O) groups is 1. The van der Waals surface area contributed by atoms with Crippen LogP contribution in [-0.4, -0.2) is 43.2 Å². The zero-order chi connectivity index (χ0) is 13.0. The van der Waals surface area contributed by atoms with Crippen molar-refractivity contribution in [3.05, 3.63) is 28.7 Å². The summed E-state index contributed by atoms with van der Waals surface area (Å²) in [5.41, 5.74) is 0.823. The summed E-state index contributed by atoms with van der Waals surface area (Å²) in [7, 11) is 0. The predicted octanol–water partition coefficient (Wildman–Crippen LogP) is 2.11. The van der Waals surface area contributed by atoms with E-state index >= 15 is 0 Å². The van der Waals surface area contributed by atoms with Crippen molar-refractivity contribution in [1.29, 1.82) is 0 Å². The van der Waals surface area contributed by atoms with E-state index in [1.807, 2.05) is 31.2 Å². The number of hydrogen-bond donors (Lipinski definition) is 1. The van der Waals surface area contributed by atoms with Gasteiger partial charge in [0.05, 0.1) is 19.3 Å². The van der Waals surface area contributed by atoms with Crippen LogP contribution in [0.3, 0.4) is 0 Å². The van der Waals surface area contributed by atoms with Gasteiger partial charge in [0.2, 0.25) is 5.91 Å². The van der Waals surface area contributed by atoms with Crippen LogP contribution in [0, 0.1) is 0 Å². The minimum absolute atomic E-state index is 0.0271. The number of morpholine rings is 1. The Bertz CT molecular complexity index is 402. The third kappa shape index (κ3) is 3.54. The Morgan fingerprint density at radius 1 is 1.33 bits per heavy atom. The molecule has 1 aromatic carbocycles. The van der Waals surface area contributed by atoms with E-state index in [-0.39, 0.29) is 11.9 Å². The summed E-state index contributed by atoms with van der Waals surface area (Å²) in [6.07, 6.45) is 0. The Morgan fingerprint density at radius 2 is 1.94 bits per heavy atom. The lowest BCUT2D eigenvalue weighted by molar-refractivity contribution is -0.122. The summed E-state index contributed by atoms with van der Waals surface area (Å²) in [5.74, 6) is 0.0271. The van der Waals surface area contributed by atoms with E-state index in [0.717, 1.165) is 23.2 Å². The van der Waals surface area contributed by atoms with E-state index in [0.29, 0.717) is 13.2 Å². The van der Waals surface area contributed by atoms with Crippen molar-refractivity contribution in [2.24, 2.45) is 0 Å². The van der Waals surface area contributed by atoms with Crippen LogP contribution in [0.25, 0.3) is 0 Å². The van der Waals surface area contributed by atoms with Gasteiger partial charge in [-0.3, -0.25) is 9.69 Å². The molecule has 1 saturated heterocycles. The van der Waals surface area contributed by atoms with Crippen LogP contribution in [0.5, 0.6) is 0 Å². The number of rotatable bonds is 3. The highest BCUT2D eigenvalue weighted by atomic mass is 79.9. The molecule has 18 heavy (non-hydrogen) atoms. The Morgan fingerprint density at radius 3 is 2.56 bits per heavy atom. The first-order chi connectivity index (χ1) is 8.66. The number of nitrogens with zero attached hydrogens (tertiary/aromatic N) is 1. The fraction of sp³-hybridized carbons (Fsp3) is 0.462. The van der Waals surface area contributed by atoms with Crippen LogP contribution in [0.15, 0.2) is 28.7 Å². The van der Waals surface area contributed by atoms with Crippen molar-refractivity contribution in [2.75, 3.05) is 31.6 Å². The van der Waals surface area contributed by atoms with Gasteiger partial charge in [-0.05, 0) is 31.2 Å². The van der Waals surface area contributed by atoms with Crippen LogP contribution in [-0.2, 0) is 9.53 Å². The van der Waals surface area contributed by atoms with E-state index in [2.05, 4.69) is 26.1 Å². The van der Waals surface area contributed by atoms with Gasteiger partial charge in [0.1, 0.15) is 0 Å². The van der Waals surface area contributed by atoms with Crippen LogP contribution in [0.2, 0.25) is 0 Å². The number of ether oxygens (including phenoxy) is 1. The minimum Gasteiger partial charge on any atom is -0.379 e. The summed E-state index contributed by atoms with van der Waals surface area (Å²) in [4.78, 5) is 14.2. The van der Waals surface area contributed by atoms with E-state index in [1.54, 1.807) is 0 Å². The standard InChI is InChI=1S/C13H17BrN2O2/c1-10(16-6-8-18-9-7-16)13(17)15-12-4-2-11(14)3-5-12/h2-5,10H,6-9H2,1H3,(H,15,17)/t10-/m0/s1. The van der Waals surface area contributed by atoms with Gasteiger partial charge in [0.25, 0.3) is 0 Å². The third-order valence-corrected chi connectivity index (χ3v) is 3.61. The molecule has 0 unspecified atom stereocenters. The Hall–Kier alpha value is -0.910. The molecule has 0 spiro atoms. The van der Waals surface area contributed by atoms with E-state index < -0.39 is 0 Å². The Kier molecular flexibility index (Phi) is 4.74. The molecule has 0 saturated carbocycles. The molecule has 0 bridgehead atoms. The van der Waals surface area contributed by atoms with Crippen molar-refractivity contribution in [2.45, 2.75) is 13.0 Å². The van der Waals surface area contributed by atoms with Gasteiger partial charge < -0.3 is 10.1 Å². The molecule has 1 atom stereocenters. The molecular weight excluding hydrogens is 296 g/mol. The molecule has 1 heterocycles. The van der Waals surface area contributed by atoms with Gasteiger partial charge in [0, 0.05) is 23.2 Å². The van der Waals surface area contributed by atoms with Crippen molar-refractivity contribution in [3.8, 4) is 0 Å². The van der Waals surface area contributed by atoms with E-state index in [9.17, 15) is 4.79 Å². The van der Waals surface area contributed by atoms with E-state index in [4.69, 9.17) is 4.74 Å². The fourth-order valence-electron chi connectivity index (χ4n) is 1.91. The first-order valence-electron chi connectivity index (χ1n) is 6.05. The number of carbonyl (C=O) groups excluding carboxylic acids is 1. The van der Waals surface area contributed by atoms with Crippen LogP contribution in [0.4, 0.5) is 5.69 Å². The molecular formula is C13H17BrN2O2. The molecule has 0 radical (unpaired) electrons. The zero-order valence-electron chi connectivity index (χ0n) is 10.4. The number of anilines is 1. The molecule has 0 aromatic heterocycles. The van der Waals surface area contributed by atoms with Crippen LogP contribution < -0.4 is 5.32 Å². The van der Waals surface area contributed by atoms with Crippen molar-refractivity contribution < 1.29 is 9.53 Å². The number of nitrogens with one attached hydrogen (secondary N) is 1. The molecule has 1 aromatic rings. The van der Waals surface area contributed by atoms with E-state index in [1.165, 1.54) is 0 Å². The lowest BCUT2D eigenvalue weighted by atomic mass is 10.2. The number of amides is 1. The lowest BCUT2D eigenvalue weighted by Gasteiger charge is -2.31. The summed E-state index contributed by atoms with van der Waals surface area (Å²) in [6.45, 7) is 4.97.